The highest BCUT2D eigenvalue weighted by molar-refractivity contribution is 7.01. The molecule has 0 spiro atoms. The van der Waals surface area contributed by atoms with Crippen molar-refractivity contribution in [2.45, 2.75) is 20.8 Å². The Hall–Kier alpha value is -5.81. The van der Waals surface area contributed by atoms with Gasteiger partial charge in [0.15, 0.2) is 17.5 Å². The van der Waals surface area contributed by atoms with Gasteiger partial charge >= 0.3 is 0 Å². The molecule has 0 saturated carbocycles. The van der Waals surface area contributed by atoms with Gasteiger partial charge in [-0.1, -0.05) is 125 Å². The van der Waals surface area contributed by atoms with Crippen LogP contribution in [0, 0.1) is 20.8 Å². The summed E-state index contributed by atoms with van der Waals surface area (Å²) in [6.45, 7) is 6.67. The molecule has 3 heterocycles. The van der Waals surface area contributed by atoms with Crippen molar-refractivity contribution in [2.24, 2.45) is 0 Å². The topological polar surface area (TPSA) is 41.9 Å². The maximum Gasteiger partial charge on any atom is 0.248 e. The molecule has 7 aromatic rings. The van der Waals surface area contributed by atoms with Crippen LogP contribution in [0.25, 0.3) is 45.3 Å². The van der Waals surface area contributed by atoms with Gasteiger partial charge in [0.2, 0.25) is 6.71 Å². The molecule has 1 aromatic heterocycles. The summed E-state index contributed by atoms with van der Waals surface area (Å²) in [5.41, 5.74) is 16.7. The minimum Gasteiger partial charge on any atom is -0.311 e. The summed E-state index contributed by atoms with van der Waals surface area (Å²) < 4.78 is 0. The van der Waals surface area contributed by atoms with E-state index in [0.29, 0.717) is 17.5 Å². The van der Waals surface area contributed by atoms with Crippen LogP contribution in [0.3, 0.4) is 0 Å². The fraction of sp³-hybridized carbons (Fsp3) is 0.0714. The number of hydrogen-bond acceptors (Lipinski definition) is 4. The molecule has 0 radical (unpaired) electrons. The minimum absolute atomic E-state index is 0.152. The summed E-state index contributed by atoms with van der Waals surface area (Å²) in [6.07, 6.45) is 0. The quantitative estimate of drug-likeness (QED) is 0.191. The van der Waals surface area contributed by atoms with Crippen LogP contribution < -0.4 is 21.3 Å². The number of anilines is 3. The van der Waals surface area contributed by atoms with Gasteiger partial charge < -0.3 is 4.90 Å². The third kappa shape index (κ3) is 4.50. The fourth-order valence-corrected chi connectivity index (χ4v) is 7.27. The Bertz CT molecular complexity index is 2280. The first kappa shape index (κ1) is 27.5. The molecule has 9 rings (SSSR count). The van der Waals surface area contributed by atoms with E-state index >= 15 is 0 Å². The first-order valence-electron chi connectivity index (χ1n) is 16.2. The van der Waals surface area contributed by atoms with E-state index in [4.69, 9.17) is 15.0 Å². The highest BCUT2D eigenvalue weighted by atomic mass is 15.2. The first-order valence-corrected chi connectivity index (χ1v) is 16.2. The van der Waals surface area contributed by atoms with Gasteiger partial charge in [-0.05, 0) is 73.2 Å². The molecular formula is C42H31BN4. The standard InChI is InChI=1S/C42H31BN4/c1-26-14-18-32(19-15-26)47-37-21-17-28(3)23-36(37)43-35-22-27(2)16-20-33(35)34-24-31(25-38(47)39(34)43)42-45-40(29-10-6-4-7-11-29)44-41(46-42)30-12-8-5-9-13-30/h4-25H,1-3H3. The van der Waals surface area contributed by atoms with E-state index in [1.54, 1.807) is 0 Å². The second-order valence-electron chi connectivity index (χ2n) is 12.8. The van der Waals surface area contributed by atoms with E-state index in [-0.39, 0.29) is 6.71 Å². The van der Waals surface area contributed by atoms with Gasteiger partial charge in [-0.3, -0.25) is 0 Å². The number of benzene rings is 6. The molecular weight excluding hydrogens is 571 g/mol. The first-order chi connectivity index (χ1) is 23.0. The Morgan fingerprint density at radius 1 is 0.447 bits per heavy atom. The number of aryl methyl sites for hydroxylation is 3. The van der Waals surface area contributed by atoms with Gasteiger partial charge in [-0.2, -0.15) is 0 Å². The number of aromatic nitrogens is 3. The van der Waals surface area contributed by atoms with Gasteiger partial charge in [0.05, 0.1) is 0 Å². The highest BCUT2D eigenvalue weighted by Gasteiger charge is 2.43. The van der Waals surface area contributed by atoms with Crippen LogP contribution in [0.15, 0.2) is 133 Å². The van der Waals surface area contributed by atoms with E-state index in [1.165, 1.54) is 55.6 Å². The van der Waals surface area contributed by atoms with Gasteiger partial charge in [0.1, 0.15) is 0 Å². The lowest BCUT2D eigenvalue weighted by atomic mass is 9.37. The van der Waals surface area contributed by atoms with Crippen LogP contribution in [-0.4, -0.2) is 21.7 Å². The molecule has 222 valence electrons. The van der Waals surface area contributed by atoms with E-state index in [2.05, 4.69) is 123 Å². The zero-order chi connectivity index (χ0) is 31.6. The second-order valence-corrected chi connectivity index (χ2v) is 12.8. The largest absolute Gasteiger partial charge is 0.311 e. The molecule has 0 atom stereocenters. The number of nitrogens with zero attached hydrogens (tertiary/aromatic N) is 4. The minimum atomic E-state index is 0.152. The molecule has 2 aliphatic heterocycles. The third-order valence-electron chi connectivity index (χ3n) is 9.48. The Balaban J connectivity index is 1.35. The lowest BCUT2D eigenvalue weighted by Crippen LogP contribution is -2.54. The Kier molecular flexibility index (Phi) is 6.22. The Morgan fingerprint density at radius 2 is 1.00 bits per heavy atom. The van der Waals surface area contributed by atoms with Crippen molar-refractivity contribution >= 4 is 40.2 Å². The fourth-order valence-electron chi connectivity index (χ4n) is 7.27. The maximum atomic E-state index is 5.13. The predicted molar refractivity (Wildman–Crippen MR) is 195 cm³/mol. The summed E-state index contributed by atoms with van der Waals surface area (Å²) in [5.74, 6) is 1.98. The van der Waals surface area contributed by atoms with Crippen molar-refractivity contribution in [3.05, 3.63) is 150 Å². The number of rotatable bonds is 4. The molecule has 5 heteroatoms. The van der Waals surface area contributed by atoms with Crippen LogP contribution in [0.4, 0.5) is 17.1 Å². The Morgan fingerprint density at radius 3 is 1.64 bits per heavy atom. The maximum absolute atomic E-state index is 5.13. The monoisotopic (exact) mass is 602 g/mol. The molecule has 0 fully saturated rings. The molecule has 0 amide bonds. The van der Waals surface area contributed by atoms with Gasteiger partial charge in [-0.25, -0.2) is 15.0 Å². The number of fused-ring (bicyclic) bond motifs is 5. The average molecular weight is 603 g/mol. The molecule has 0 saturated heterocycles. The normalized spacial score (nSPS) is 12.5. The van der Waals surface area contributed by atoms with E-state index in [1.807, 2.05) is 36.4 Å². The molecule has 0 aliphatic carbocycles. The summed E-state index contributed by atoms with van der Waals surface area (Å²) in [7, 11) is 0. The SMILES string of the molecule is Cc1ccc(N2c3ccc(C)cc3B3c4cc(C)ccc4-c4cc(-c5nc(-c6ccccc6)nc(-c6ccccc6)n5)cc2c43)cc1. The lowest BCUT2D eigenvalue weighted by molar-refractivity contribution is 1.07. The lowest BCUT2D eigenvalue weighted by Gasteiger charge is -2.36. The molecule has 4 nitrogen and oxygen atoms in total. The van der Waals surface area contributed by atoms with Crippen molar-refractivity contribution in [3.63, 3.8) is 0 Å². The van der Waals surface area contributed by atoms with Crippen molar-refractivity contribution in [1.29, 1.82) is 0 Å². The highest BCUT2D eigenvalue weighted by Crippen LogP contribution is 2.43. The zero-order valence-electron chi connectivity index (χ0n) is 26.6. The second kappa shape index (κ2) is 10.6. The van der Waals surface area contributed by atoms with Crippen molar-refractivity contribution in [1.82, 2.24) is 15.0 Å². The van der Waals surface area contributed by atoms with E-state index in [9.17, 15) is 0 Å². The predicted octanol–water partition coefficient (Wildman–Crippen LogP) is 8.08. The Labute approximate surface area is 275 Å². The van der Waals surface area contributed by atoms with E-state index in [0.717, 1.165) is 22.4 Å². The molecule has 0 unspecified atom stereocenters. The van der Waals surface area contributed by atoms with Crippen LogP contribution in [0.5, 0.6) is 0 Å². The third-order valence-corrected chi connectivity index (χ3v) is 9.48. The van der Waals surface area contributed by atoms with Crippen molar-refractivity contribution in [2.75, 3.05) is 4.90 Å². The summed E-state index contributed by atoms with van der Waals surface area (Å²) >= 11 is 0. The molecule has 2 aliphatic rings. The van der Waals surface area contributed by atoms with E-state index < -0.39 is 0 Å². The summed E-state index contributed by atoms with van der Waals surface area (Å²) in [6, 6.07) is 47.6. The molecule has 6 aromatic carbocycles. The smallest absolute Gasteiger partial charge is 0.248 e. The van der Waals surface area contributed by atoms with Crippen molar-refractivity contribution in [3.8, 4) is 45.3 Å². The van der Waals surface area contributed by atoms with Gasteiger partial charge in [0, 0.05) is 33.8 Å². The average Bonchev–Trinajstić information content (AvgIpc) is 3.43. The zero-order valence-corrected chi connectivity index (χ0v) is 26.6. The summed E-state index contributed by atoms with van der Waals surface area (Å²) in [4.78, 5) is 17.7. The number of hydrogen-bond donors (Lipinski definition) is 0. The summed E-state index contributed by atoms with van der Waals surface area (Å²) in [5, 5.41) is 0. The van der Waals surface area contributed by atoms with Crippen LogP contribution >= 0.6 is 0 Å². The molecule has 0 N–H and O–H groups in total. The van der Waals surface area contributed by atoms with Crippen molar-refractivity contribution < 1.29 is 0 Å². The van der Waals surface area contributed by atoms with Crippen LogP contribution in [0.1, 0.15) is 16.7 Å². The van der Waals surface area contributed by atoms with Crippen LogP contribution in [0.2, 0.25) is 0 Å². The van der Waals surface area contributed by atoms with Crippen LogP contribution in [-0.2, 0) is 0 Å². The van der Waals surface area contributed by atoms with Gasteiger partial charge in [-0.15, -0.1) is 0 Å². The van der Waals surface area contributed by atoms with Gasteiger partial charge in [0.25, 0.3) is 0 Å². The molecule has 0 bridgehead atoms. The molecule has 47 heavy (non-hydrogen) atoms.